The van der Waals surface area contributed by atoms with Crippen molar-refractivity contribution in [1.82, 2.24) is 4.98 Å². The maximum atomic E-state index is 13.1. The third-order valence-electron chi connectivity index (χ3n) is 4.09. The van der Waals surface area contributed by atoms with Gasteiger partial charge in [-0.3, -0.25) is 4.98 Å². The lowest BCUT2D eigenvalue weighted by atomic mass is 9.86. The minimum Gasteiger partial charge on any atom is -0.261 e. The molecule has 2 nitrogen and oxygen atoms in total. The second-order valence-corrected chi connectivity index (χ2v) is 5.86. The van der Waals surface area contributed by atoms with E-state index in [2.05, 4.69) is 4.98 Å². The van der Waals surface area contributed by atoms with Crippen LogP contribution in [0.5, 0.6) is 0 Å². The molecule has 0 saturated heterocycles. The van der Waals surface area contributed by atoms with Gasteiger partial charge in [-0.2, -0.15) is 18.4 Å². The zero-order valence-electron chi connectivity index (χ0n) is 11.9. The van der Waals surface area contributed by atoms with Crippen LogP contribution >= 0.6 is 0 Å². The van der Waals surface area contributed by atoms with Gasteiger partial charge in [-0.25, -0.2) is 0 Å². The summed E-state index contributed by atoms with van der Waals surface area (Å²) in [7, 11) is 0. The van der Waals surface area contributed by atoms with Gasteiger partial charge in [-0.05, 0) is 60.9 Å². The van der Waals surface area contributed by atoms with Gasteiger partial charge in [0, 0.05) is 11.9 Å². The van der Waals surface area contributed by atoms with Gasteiger partial charge in [-0.15, -0.1) is 0 Å². The monoisotopic (exact) mass is 304 g/mol. The molecule has 0 aromatic carbocycles. The first-order valence-electron chi connectivity index (χ1n) is 7.31. The van der Waals surface area contributed by atoms with Crippen LogP contribution in [-0.4, -0.2) is 11.2 Å². The summed E-state index contributed by atoms with van der Waals surface area (Å²) in [6.45, 7) is 0. The molecule has 1 aromatic rings. The number of pyridine rings is 1. The van der Waals surface area contributed by atoms with Crippen LogP contribution in [0.3, 0.4) is 0 Å². The molecule has 0 spiro atoms. The first-order valence-corrected chi connectivity index (χ1v) is 7.31. The maximum Gasteiger partial charge on any atom is 0.413 e. The molecule has 1 fully saturated rings. The highest BCUT2D eigenvalue weighted by Crippen LogP contribution is 2.39. The van der Waals surface area contributed by atoms with Crippen molar-refractivity contribution in [3.05, 3.63) is 47.3 Å². The van der Waals surface area contributed by atoms with E-state index in [0.717, 1.165) is 23.8 Å². The Bertz CT molecular complexity index is 676. The molecule has 2 aliphatic carbocycles. The van der Waals surface area contributed by atoms with Gasteiger partial charge in [0.25, 0.3) is 0 Å². The smallest absolute Gasteiger partial charge is 0.261 e. The van der Waals surface area contributed by atoms with Crippen LogP contribution in [0, 0.1) is 23.2 Å². The van der Waals surface area contributed by atoms with Gasteiger partial charge < -0.3 is 0 Å². The summed E-state index contributed by atoms with van der Waals surface area (Å²) in [5.41, 5.74) is 1.43. The second kappa shape index (κ2) is 5.60. The zero-order chi connectivity index (χ0) is 15.7. The minimum absolute atomic E-state index is 0.0947. The Kier molecular flexibility index (Phi) is 3.78. The molecule has 0 bridgehead atoms. The summed E-state index contributed by atoms with van der Waals surface area (Å²) in [5.74, 6) is -0.441. The molecule has 114 valence electrons. The fourth-order valence-electron chi connectivity index (χ4n) is 2.69. The van der Waals surface area contributed by atoms with E-state index < -0.39 is 17.7 Å². The van der Waals surface area contributed by atoms with Gasteiger partial charge in [0.1, 0.15) is 0 Å². The number of nitrogens with zero attached hydrogens (tertiary/aromatic N) is 2. The molecule has 0 aliphatic heterocycles. The van der Waals surface area contributed by atoms with E-state index in [4.69, 9.17) is 5.26 Å². The van der Waals surface area contributed by atoms with Gasteiger partial charge in [0.2, 0.25) is 0 Å². The number of rotatable bonds is 3. The number of allylic oxidation sites excluding steroid dienone is 4. The molecular weight excluding hydrogens is 289 g/mol. The fraction of sp³-hybridized carbons (Fsp3) is 0.412. The second-order valence-electron chi connectivity index (χ2n) is 5.86. The predicted molar refractivity (Wildman–Crippen MR) is 76.5 cm³/mol. The van der Waals surface area contributed by atoms with E-state index >= 15 is 0 Å². The Balaban J connectivity index is 1.90. The summed E-state index contributed by atoms with van der Waals surface area (Å²) >= 11 is 0. The number of nitriles is 1. The maximum absolute atomic E-state index is 13.1. The Labute approximate surface area is 127 Å². The number of alkyl halides is 3. The predicted octanol–water partition coefficient (Wildman–Crippen LogP) is 4.45. The zero-order valence-corrected chi connectivity index (χ0v) is 11.9. The van der Waals surface area contributed by atoms with Crippen molar-refractivity contribution in [3.63, 3.8) is 0 Å². The van der Waals surface area contributed by atoms with E-state index in [-0.39, 0.29) is 6.42 Å². The fourth-order valence-corrected chi connectivity index (χ4v) is 2.69. The molecule has 1 aromatic heterocycles. The van der Waals surface area contributed by atoms with E-state index in [1.807, 2.05) is 6.07 Å². The normalized spacial score (nSPS) is 21.8. The first-order chi connectivity index (χ1) is 10.5. The molecule has 0 N–H and O–H groups in total. The van der Waals surface area contributed by atoms with Crippen LogP contribution in [0.1, 0.15) is 30.5 Å². The molecule has 1 saturated carbocycles. The standard InChI is InChI=1S/C17H15F3N2/c18-17(19,20)16-9-12(3-4-14(16)10-21)13-5-6-22-15(8-13)7-11-1-2-11/h3,5-6,8-9,11,14H,1-2,4,7H2. The summed E-state index contributed by atoms with van der Waals surface area (Å²) in [5, 5.41) is 8.90. The van der Waals surface area contributed by atoms with E-state index in [1.165, 1.54) is 12.8 Å². The molecule has 1 heterocycles. The van der Waals surface area contributed by atoms with Gasteiger partial charge in [0.15, 0.2) is 0 Å². The molecule has 5 heteroatoms. The van der Waals surface area contributed by atoms with Crippen molar-refractivity contribution in [2.75, 3.05) is 0 Å². The van der Waals surface area contributed by atoms with Crippen LogP contribution in [0.2, 0.25) is 0 Å². The molecule has 3 rings (SSSR count). The van der Waals surface area contributed by atoms with Crippen molar-refractivity contribution in [2.45, 2.75) is 31.9 Å². The van der Waals surface area contributed by atoms with Crippen molar-refractivity contribution in [3.8, 4) is 6.07 Å². The molecule has 0 radical (unpaired) electrons. The average molecular weight is 304 g/mol. The van der Waals surface area contributed by atoms with Crippen molar-refractivity contribution < 1.29 is 13.2 Å². The Morgan fingerprint density at radius 3 is 2.73 bits per heavy atom. The first kappa shape index (κ1) is 14.8. The Morgan fingerprint density at radius 1 is 1.32 bits per heavy atom. The minimum atomic E-state index is -4.47. The molecule has 1 atom stereocenters. The van der Waals surface area contributed by atoms with E-state index in [9.17, 15) is 13.2 Å². The highest BCUT2D eigenvalue weighted by Gasteiger charge is 2.39. The molecule has 22 heavy (non-hydrogen) atoms. The summed E-state index contributed by atoms with van der Waals surface area (Å²) in [6.07, 6.45) is 3.38. The third kappa shape index (κ3) is 3.22. The van der Waals surface area contributed by atoms with Gasteiger partial charge in [-0.1, -0.05) is 6.08 Å². The Hall–Kier alpha value is -2.09. The van der Waals surface area contributed by atoms with Crippen LogP contribution in [0.25, 0.3) is 5.57 Å². The van der Waals surface area contributed by atoms with E-state index in [1.54, 1.807) is 24.4 Å². The molecule has 2 aliphatic rings. The SMILES string of the molecule is N#CC1CC=C(c2ccnc(CC3CC3)c2)C=C1C(F)(F)F. The summed E-state index contributed by atoms with van der Waals surface area (Å²) in [4.78, 5) is 4.29. The largest absolute Gasteiger partial charge is 0.413 e. The van der Waals surface area contributed by atoms with Crippen LogP contribution in [0.4, 0.5) is 13.2 Å². The third-order valence-corrected chi connectivity index (χ3v) is 4.09. The molecule has 0 amide bonds. The lowest BCUT2D eigenvalue weighted by molar-refractivity contribution is -0.0969. The van der Waals surface area contributed by atoms with Crippen molar-refractivity contribution >= 4 is 5.57 Å². The van der Waals surface area contributed by atoms with Crippen LogP contribution < -0.4 is 0 Å². The number of hydrogen-bond donors (Lipinski definition) is 0. The molecule has 1 unspecified atom stereocenters. The van der Waals surface area contributed by atoms with Crippen molar-refractivity contribution in [1.29, 1.82) is 5.26 Å². The highest BCUT2D eigenvalue weighted by atomic mass is 19.4. The number of aromatic nitrogens is 1. The van der Waals surface area contributed by atoms with Gasteiger partial charge >= 0.3 is 6.18 Å². The van der Waals surface area contributed by atoms with Crippen LogP contribution in [0.15, 0.2) is 36.1 Å². The number of halogens is 3. The lowest BCUT2D eigenvalue weighted by Crippen LogP contribution is -2.21. The Morgan fingerprint density at radius 2 is 2.09 bits per heavy atom. The van der Waals surface area contributed by atoms with E-state index in [0.29, 0.717) is 11.5 Å². The van der Waals surface area contributed by atoms with Crippen LogP contribution in [-0.2, 0) is 6.42 Å². The van der Waals surface area contributed by atoms with Gasteiger partial charge in [0.05, 0.1) is 17.6 Å². The highest BCUT2D eigenvalue weighted by molar-refractivity contribution is 5.76. The lowest BCUT2D eigenvalue weighted by Gasteiger charge is -2.21. The number of hydrogen-bond acceptors (Lipinski definition) is 2. The summed E-state index contributed by atoms with van der Waals surface area (Å²) < 4.78 is 39.2. The quantitative estimate of drug-likeness (QED) is 0.827. The average Bonchev–Trinajstić information content (AvgIpc) is 3.30. The molecular formula is C17H15F3N2. The summed E-state index contributed by atoms with van der Waals surface area (Å²) in [6, 6.07) is 5.32. The van der Waals surface area contributed by atoms with Crippen molar-refractivity contribution in [2.24, 2.45) is 11.8 Å². The topological polar surface area (TPSA) is 36.7 Å².